The maximum Gasteiger partial charge on any atom is 0.327 e. The van der Waals surface area contributed by atoms with Gasteiger partial charge in [-0.25, -0.2) is 4.68 Å². The van der Waals surface area contributed by atoms with Gasteiger partial charge in [-0.2, -0.15) is 5.10 Å². The standard InChI is InChI=1S/C24H26Cl2N2O3.C4H11OP/c1-4-30-22(29)14-28-24(31-15-17-8-6-5-7-9-17)21(23(27-28)16(2)3)12-18-10-19(25)13-20(26)11-18;1-4-6(2,3)5/h5-11,13,16H,4,12,14-15H2,1-3H3;4H2,1-3H3. The zero-order valence-corrected chi connectivity index (χ0v) is 24.9. The highest BCUT2D eigenvalue weighted by molar-refractivity contribution is 7.62. The fraction of sp³-hybridized carbons (Fsp3) is 0.429. The molecule has 37 heavy (non-hydrogen) atoms. The Labute approximate surface area is 230 Å². The first kappa shape index (κ1) is 31.0. The predicted octanol–water partition coefficient (Wildman–Crippen LogP) is 7.68. The van der Waals surface area contributed by atoms with Crippen molar-refractivity contribution in [1.29, 1.82) is 0 Å². The Morgan fingerprint density at radius 3 is 2.14 bits per heavy atom. The molecule has 202 valence electrons. The van der Waals surface area contributed by atoms with Crippen LogP contribution in [0, 0.1) is 0 Å². The van der Waals surface area contributed by atoms with Crippen molar-refractivity contribution in [3.8, 4) is 5.88 Å². The lowest BCUT2D eigenvalue weighted by Gasteiger charge is -2.12. The third-order valence-electron chi connectivity index (χ3n) is 5.44. The summed E-state index contributed by atoms with van der Waals surface area (Å²) in [5.41, 5.74) is 3.74. The Balaban J connectivity index is 0.000000717. The molecule has 0 radical (unpaired) electrons. The van der Waals surface area contributed by atoms with Gasteiger partial charge in [0.15, 0.2) is 0 Å². The number of carbonyl (C=O) groups excluding carboxylic acids is 1. The number of carbonyl (C=O) groups is 1. The van der Waals surface area contributed by atoms with E-state index in [1.54, 1.807) is 31.0 Å². The van der Waals surface area contributed by atoms with Gasteiger partial charge in [0.1, 0.15) is 13.2 Å². The average molecular weight is 567 g/mol. The number of ether oxygens (including phenoxy) is 2. The van der Waals surface area contributed by atoms with Gasteiger partial charge in [-0.1, -0.05) is 74.3 Å². The lowest BCUT2D eigenvalue weighted by Crippen LogP contribution is -2.16. The van der Waals surface area contributed by atoms with Crippen molar-refractivity contribution in [3.05, 3.63) is 81.0 Å². The first-order valence-corrected chi connectivity index (χ1v) is 15.9. The molecular weight excluding hydrogens is 530 g/mol. The van der Waals surface area contributed by atoms with Gasteiger partial charge in [0.25, 0.3) is 0 Å². The summed E-state index contributed by atoms with van der Waals surface area (Å²) in [5, 5.41) is 5.85. The molecule has 0 aliphatic heterocycles. The van der Waals surface area contributed by atoms with Gasteiger partial charge in [-0.15, -0.1) is 0 Å². The van der Waals surface area contributed by atoms with Crippen molar-refractivity contribution in [1.82, 2.24) is 9.78 Å². The SMILES string of the molecule is CCOC(=O)Cn1nc(C(C)C)c(Cc2cc(Cl)cc(Cl)c2)c1OCc1ccccc1.CCP(C)(C)=O. The second-order valence-electron chi connectivity index (χ2n) is 9.41. The number of benzene rings is 2. The zero-order valence-electron chi connectivity index (χ0n) is 22.5. The Hall–Kier alpha value is -2.27. The van der Waals surface area contributed by atoms with Gasteiger partial charge < -0.3 is 14.0 Å². The highest BCUT2D eigenvalue weighted by atomic mass is 35.5. The normalized spacial score (nSPS) is 11.2. The van der Waals surface area contributed by atoms with Crippen molar-refractivity contribution >= 4 is 36.3 Å². The molecule has 0 saturated carbocycles. The molecule has 1 heterocycles. The van der Waals surface area contributed by atoms with Crippen LogP contribution < -0.4 is 4.74 Å². The van der Waals surface area contributed by atoms with Crippen LogP contribution in [0.1, 0.15) is 56.0 Å². The molecule has 9 heteroatoms. The summed E-state index contributed by atoms with van der Waals surface area (Å²) in [5.74, 6) is 0.325. The molecule has 0 amide bonds. The van der Waals surface area contributed by atoms with Crippen LogP contribution in [-0.4, -0.2) is 41.8 Å². The van der Waals surface area contributed by atoms with Crippen LogP contribution >= 0.6 is 30.3 Å². The molecule has 1 aromatic heterocycles. The Kier molecular flexibility index (Phi) is 12.2. The molecule has 0 fully saturated rings. The van der Waals surface area contributed by atoms with Crippen molar-refractivity contribution in [2.24, 2.45) is 0 Å². The Bertz CT molecular complexity index is 1190. The summed E-state index contributed by atoms with van der Waals surface area (Å²) >= 11 is 12.4. The minimum atomic E-state index is -1.65. The van der Waals surface area contributed by atoms with Crippen molar-refractivity contribution in [2.45, 2.75) is 53.2 Å². The molecular formula is C28H37Cl2N2O4P. The van der Waals surface area contributed by atoms with E-state index in [1.807, 2.05) is 49.4 Å². The second kappa shape index (κ2) is 14.6. The summed E-state index contributed by atoms with van der Waals surface area (Å²) in [6.45, 7) is 12.1. The maximum absolute atomic E-state index is 12.2. The molecule has 0 bridgehead atoms. The summed E-state index contributed by atoms with van der Waals surface area (Å²) in [7, 11) is -1.65. The quantitative estimate of drug-likeness (QED) is 0.186. The summed E-state index contributed by atoms with van der Waals surface area (Å²) in [6.07, 6.45) is 1.35. The minimum absolute atomic E-state index is 0.0199. The van der Waals surface area contributed by atoms with Gasteiger partial charge in [-0.05, 0) is 61.7 Å². The number of nitrogens with zero attached hydrogens (tertiary/aromatic N) is 2. The Morgan fingerprint density at radius 1 is 1.03 bits per heavy atom. The molecule has 0 N–H and O–H groups in total. The van der Waals surface area contributed by atoms with E-state index in [0.717, 1.165) is 28.5 Å². The van der Waals surface area contributed by atoms with E-state index < -0.39 is 7.14 Å². The zero-order chi connectivity index (χ0) is 27.6. The van der Waals surface area contributed by atoms with Gasteiger partial charge >= 0.3 is 5.97 Å². The summed E-state index contributed by atoms with van der Waals surface area (Å²) < 4.78 is 23.5. The van der Waals surface area contributed by atoms with Crippen molar-refractivity contribution in [2.75, 3.05) is 26.1 Å². The Morgan fingerprint density at radius 2 is 1.62 bits per heavy atom. The lowest BCUT2D eigenvalue weighted by molar-refractivity contribution is -0.144. The minimum Gasteiger partial charge on any atom is -0.473 e. The van der Waals surface area contributed by atoms with Crippen LogP contribution in [0.15, 0.2) is 48.5 Å². The third-order valence-corrected chi connectivity index (χ3v) is 7.40. The van der Waals surface area contributed by atoms with E-state index in [2.05, 4.69) is 13.8 Å². The second-order valence-corrected chi connectivity index (χ2v) is 14.1. The van der Waals surface area contributed by atoms with E-state index in [4.69, 9.17) is 37.8 Å². The van der Waals surface area contributed by atoms with E-state index in [9.17, 15) is 9.36 Å². The fourth-order valence-electron chi connectivity index (χ4n) is 3.37. The van der Waals surface area contributed by atoms with Gasteiger partial charge in [0.2, 0.25) is 5.88 Å². The van der Waals surface area contributed by atoms with E-state index in [1.165, 1.54) is 0 Å². The number of aromatic nitrogens is 2. The lowest BCUT2D eigenvalue weighted by atomic mass is 9.99. The first-order chi connectivity index (χ1) is 17.4. The summed E-state index contributed by atoms with van der Waals surface area (Å²) in [4.78, 5) is 12.2. The molecule has 0 atom stereocenters. The van der Waals surface area contributed by atoms with Crippen LogP contribution in [0.5, 0.6) is 5.88 Å². The fourth-order valence-corrected chi connectivity index (χ4v) is 3.94. The molecule has 0 spiro atoms. The molecule has 0 aliphatic rings. The molecule has 0 saturated heterocycles. The van der Waals surface area contributed by atoms with E-state index in [-0.39, 0.29) is 18.4 Å². The first-order valence-electron chi connectivity index (χ1n) is 12.3. The van der Waals surface area contributed by atoms with Gasteiger partial charge in [0.05, 0.1) is 19.4 Å². The predicted molar refractivity (Wildman–Crippen MR) is 153 cm³/mol. The molecule has 3 rings (SSSR count). The highest BCUT2D eigenvalue weighted by Gasteiger charge is 2.24. The number of halogens is 2. The van der Waals surface area contributed by atoms with Crippen molar-refractivity contribution < 1.29 is 18.8 Å². The average Bonchev–Trinajstić information content (AvgIpc) is 3.14. The van der Waals surface area contributed by atoms with E-state index >= 15 is 0 Å². The van der Waals surface area contributed by atoms with Crippen LogP contribution in [0.2, 0.25) is 10.0 Å². The van der Waals surface area contributed by atoms with E-state index in [0.29, 0.717) is 35.6 Å². The smallest absolute Gasteiger partial charge is 0.327 e. The van der Waals surface area contributed by atoms with Crippen LogP contribution in [0.3, 0.4) is 0 Å². The van der Waals surface area contributed by atoms with Crippen LogP contribution in [0.25, 0.3) is 0 Å². The largest absolute Gasteiger partial charge is 0.473 e. The molecule has 3 aromatic rings. The van der Waals surface area contributed by atoms with Crippen LogP contribution in [0.4, 0.5) is 0 Å². The highest BCUT2D eigenvalue weighted by Crippen LogP contribution is 2.34. The molecule has 0 aliphatic carbocycles. The van der Waals surface area contributed by atoms with Crippen molar-refractivity contribution in [3.63, 3.8) is 0 Å². The molecule has 2 aromatic carbocycles. The topological polar surface area (TPSA) is 70.4 Å². The maximum atomic E-state index is 12.2. The monoisotopic (exact) mass is 566 g/mol. The number of rotatable bonds is 10. The summed E-state index contributed by atoms with van der Waals surface area (Å²) in [6, 6.07) is 15.3. The third kappa shape index (κ3) is 10.6. The van der Waals surface area contributed by atoms with Crippen LogP contribution in [-0.2, 0) is 33.7 Å². The number of hydrogen-bond donors (Lipinski definition) is 0. The molecule has 0 unspecified atom stereocenters. The number of hydrogen-bond acceptors (Lipinski definition) is 5. The van der Waals surface area contributed by atoms with Gasteiger partial charge in [-0.3, -0.25) is 4.79 Å². The number of esters is 1. The molecule has 6 nitrogen and oxygen atoms in total. The van der Waals surface area contributed by atoms with Gasteiger partial charge in [0, 0.05) is 22.0 Å².